The van der Waals surface area contributed by atoms with E-state index in [-0.39, 0.29) is 36.7 Å². The number of imide groups is 2. The van der Waals surface area contributed by atoms with Gasteiger partial charge in [0.25, 0.3) is 23.6 Å². The lowest BCUT2D eigenvalue weighted by atomic mass is 9.82. The van der Waals surface area contributed by atoms with Crippen molar-refractivity contribution in [2.24, 2.45) is 0 Å². The van der Waals surface area contributed by atoms with Crippen molar-refractivity contribution >= 4 is 89.9 Å². The summed E-state index contributed by atoms with van der Waals surface area (Å²) in [5.74, 6) is -1.43. The Morgan fingerprint density at radius 3 is 0.935 bits per heavy atom. The van der Waals surface area contributed by atoms with Crippen LogP contribution in [0.2, 0.25) is 10.0 Å². The van der Waals surface area contributed by atoms with Crippen LogP contribution >= 0.6 is 23.2 Å². The number of hydrogen-bond acceptors (Lipinski definition) is 4. The molecule has 0 saturated heterocycles. The van der Waals surface area contributed by atoms with Gasteiger partial charge in [0.15, 0.2) is 0 Å². The zero-order valence-corrected chi connectivity index (χ0v) is 25.4. The number of amides is 4. The van der Waals surface area contributed by atoms with E-state index in [4.69, 9.17) is 23.2 Å². The van der Waals surface area contributed by atoms with Crippen molar-refractivity contribution in [1.29, 1.82) is 0 Å². The van der Waals surface area contributed by atoms with Crippen LogP contribution < -0.4 is 0 Å². The first kappa shape index (κ1) is 27.0. The zero-order chi connectivity index (χ0) is 31.4. The first-order chi connectivity index (χ1) is 22.3. The Bertz CT molecular complexity index is 2230. The van der Waals surface area contributed by atoms with Crippen LogP contribution in [0.5, 0.6) is 0 Å². The van der Waals surface area contributed by atoms with Crippen molar-refractivity contribution in [1.82, 2.24) is 9.80 Å². The second-order valence-electron chi connectivity index (χ2n) is 11.8. The average molecular weight is 639 g/mol. The normalized spacial score (nSPS) is 14.6. The monoisotopic (exact) mass is 638 g/mol. The van der Waals surface area contributed by atoms with Crippen molar-refractivity contribution in [2.45, 2.75) is 13.1 Å². The fourth-order valence-electron chi connectivity index (χ4n) is 7.20. The molecule has 220 valence electrons. The summed E-state index contributed by atoms with van der Waals surface area (Å²) >= 11 is 12.1. The van der Waals surface area contributed by atoms with Crippen molar-refractivity contribution in [3.63, 3.8) is 0 Å². The molecule has 7 aromatic carbocycles. The first-order valence-corrected chi connectivity index (χ1v) is 15.5. The molecule has 0 atom stereocenters. The molecule has 0 N–H and O–H groups in total. The minimum absolute atomic E-state index is 0.129. The molecule has 0 saturated carbocycles. The average Bonchev–Trinajstić information content (AvgIpc) is 3.07. The fourth-order valence-corrected chi connectivity index (χ4v) is 7.45. The Morgan fingerprint density at radius 2 is 0.652 bits per heavy atom. The predicted molar refractivity (Wildman–Crippen MR) is 179 cm³/mol. The van der Waals surface area contributed by atoms with Crippen molar-refractivity contribution in [3.05, 3.63) is 140 Å². The van der Waals surface area contributed by atoms with Gasteiger partial charge in [-0.25, -0.2) is 0 Å². The van der Waals surface area contributed by atoms with Crippen LogP contribution in [0, 0.1) is 0 Å². The van der Waals surface area contributed by atoms with Crippen LogP contribution in [-0.2, 0) is 13.1 Å². The molecule has 4 amide bonds. The van der Waals surface area contributed by atoms with Crippen molar-refractivity contribution in [2.75, 3.05) is 0 Å². The minimum Gasteiger partial charge on any atom is -0.270 e. The molecule has 8 heteroatoms. The largest absolute Gasteiger partial charge is 0.270 e. The summed E-state index contributed by atoms with van der Waals surface area (Å²) in [4.78, 5) is 57.9. The highest BCUT2D eigenvalue weighted by Gasteiger charge is 2.37. The molecule has 9 rings (SSSR count). The number of hydrogen-bond donors (Lipinski definition) is 0. The maximum Gasteiger partial charge on any atom is 0.261 e. The molecule has 0 bridgehead atoms. The summed E-state index contributed by atoms with van der Waals surface area (Å²) in [5.41, 5.74) is 3.43. The van der Waals surface area contributed by atoms with E-state index < -0.39 is 0 Å². The van der Waals surface area contributed by atoms with Crippen LogP contribution in [0.3, 0.4) is 0 Å². The maximum absolute atomic E-state index is 13.8. The summed E-state index contributed by atoms with van der Waals surface area (Å²) in [6.07, 6.45) is 0. The Kier molecular flexibility index (Phi) is 5.64. The molecule has 0 radical (unpaired) electrons. The van der Waals surface area contributed by atoms with Gasteiger partial charge in [-0.05, 0) is 92.0 Å². The first-order valence-electron chi connectivity index (χ1n) is 14.7. The van der Waals surface area contributed by atoms with Crippen LogP contribution in [0.15, 0.2) is 97.1 Å². The molecular formula is C38H20Cl2N2O4. The zero-order valence-electron chi connectivity index (χ0n) is 23.9. The van der Waals surface area contributed by atoms with Crippen LogP contribution in [0.1, 0.15) is 52.6 Å². The summed E-state index contributed by atoms with van der Waals surface area (Å²) < 4.78 is 0. The topological polar surface area (TPSA) is 74.8 Å². The highest BCUT2D eigenvalue weighted by molar-refractivity contribution is 6.41. The number of halogens is 2. The highest BCUT2D eigenvalue weighted by atomic mass is 35.5. The Morgan fingerprint density at radius 1 is 0.370 bits per heavy atom. The molecule has 46 heavy (non-hydrogen) atoms. The van der Waals surface area contributed by atoms with E-state index in [0.29, 0.717) is 43.1 Å². The van der Waals surface area contributed by atoms with E-state index in [1.54, 1.807) is 72.8 Å². The predicted octanol–water partition coefficient (Wildman–Crippen LogP) is 8.64. The van der Waals surface area contributed by atoms with Gasteiger partial charge in [-0.1, -0.05) is 71.7 Å². The van der Waals surface area contributed by atoms with E-state index in [0.717, 1.165) is 43.4 Å². The third kappa shape index (κ3) is 3.65. The third-order valence-corrected chi connectivity index (χ3v) is 9.82. The van der Waals surface area contributed by atoms with Crippen LogP contribution in [-0.4, -0.2) is 33.4 Å². The van der Waals surface area contributed by atoms with Gasteiger partial charge in [-0.3, -0.25) is 29.0 Å². The van der Waals surface area contributed by atoms with Gasteiger partial charge in [0.2, 0.25) is 0 Å². The summed E-state index contributed by atoms with van der Waals surface area (Å²) in [6, 6.07) is 28.9. The van der Waals surface area contributed by atoms with Gasteiger partial charge >= 0.3 is 0 Å². The highest BCUT2D eigenvalue weighted by Crippen LogP contribution is 2.46. The fraction of sp³-hybridized carbons (Fsp3) is 0.0526. The van der Waals surface area contributed by atoms with E-state index >= 15 is 0 Å². The quantitative estimate of drug-likeness (QED) is 0.110. The molecule has 0 unspecified atom stereocenters. The number of fused-ring (bicyclic) bond motifs is 2. The number of rotatable bonds is 4. The van der Waals surface area contributed by atoms with Gasteiger partial charge in [-0.2, -0.15) is 0 Å². The van der Waals surface area contributed by atoms with Gasteiger partial charge in [0.05, 0.1) is 13.1 Å². The number of benzene rings is 7. The molecule has 7 aromatic rings. The van der Waals surface area contributed by atoms with Gasteiger partial charge in [0.1, 0.15) is 0 Å². The summed E-state index contributed by atoms with van der Waals surface area (Å²) in [7, 11) is 0. The molecule has 2 heterocycles. The van der Waals surface area contributed by atoms with E-state index in [1.165, 1.54) is 9.80 Å². The van der Waals surface area contributed by atoms with E-state index in [9.17, 15) is 19.2 Å². The number of carbonyl (C=O) groups excluding carboxylic acids is 4. The second kappa shape index (κ2) is 9.60. The number of nitrogens with zero attached hydrogens (tertiary/aromatic N) is 2. The van der Waals surface area contributed by atoms with Gasteiger partial charge < -0.3 is 0 Å². The van der Waals surface area contributed by atoms with Gasteiger partial charge in [-0.15, -0.1) is 0 Å². The lowest BCUT2D eigenvalue weighted by Crippen LogP contribution is -2.40. The molecular weight excluding hydrogens is 619 g/mol. The van der Waals surface area contributed by atoms with E-state index in [1.807, 2.05) is 24.3 Å². The van der Waals surface area contributed by atoms with Crippen LogP contribution in [0.25, 0.3) is 43.1 Å². The van der Waals surface area contributed by atoms with Gasteiger partial charge in [0, 0.05) is 43.1 Å². The Balaban J connectivity index is 1.22. The second-order valence-corrected chi connectivity index (χ2v) is 12.7. The molecule has 0 fully saturated rings. The third-order valence-electron chi connectivity index (χ3n) is 9.31. The smallest absolute Gasteiger partial charge is 0.261 e. The molecule has 0 aromatic heterocycles. The molecule has 0 spiro atoms. The minimum atomic E-state index is -0.357. The molecule has 0 aliphatic carbocycles. The van der Waals surface area contributed by atoms with Crippen LogP contribution in [0.4, 0.5) is 0 Å². The maximum atomic E-state index is 13.8. The van der Waals surface area contributed by atoms with Crippen molar-refractivity contribution < 1.29 is 19.2 Å². The summed E-state index contributed by atoms with van der Waals surface area (Å²) in [5, 5.41) is 7.43. The Hall–Kier alpha value is -5.30. The lowest BCUT2D eigenvalue weighted by molar-refractivity contribution is 0.0583. The Labute approximate surface area is 271 Å². The molecule has 2 aliphatic rings. The number of carbonyl (C=O) groups is 4. The van der Waals surface area contributed by atoms with E-state index in [2.05, 4.69) is 0 Å². The van der Waals surface area contributed by atoms with Crippen molar-refractivity contribution in [3.8, 4) is 0 Å². The molecule has 6 nitrogen and oxygen atoms in total. The standard InChI is InChI=1S/C38H20Cl2N2O4/c39-21-5-1-19(2-6-21)17-41-35(43)27-13-9-23-25-11-15-29-34-30(38(46)42(37(29)45)18-20-3-7-22(40)8-4-20)16-12-26(32(25)34)24-10-14-28(36(41)44)33(27)31(23)24/h1-16H,17-18H2. The lowest BCUT2D eigenvalue weighted by Gasteiger charge is -2.30. The SMILES string of the molecule is O=C1c2ccc3c4ccc5c6c(ccc(c7ccc(c2c37)C(=O)N1Cc1ccc(Cl)cc1)c64)C(=O)N(Cc1ccc(Cl)cc1)C5=O. The summed E-state index contributed by atoms with van der Waals surface area (Å²) in [6.45, 7) is 0.258. The molecule has 2 aliphatic heterocycles.